The van der Waals surface area contributed by atoms with Crippen LogP contribution in [0.25, 0.3) is 0 Å². The van der Waals surface area contributed by atoms with Crippen LogP contribution < -0.4 is 9.80 Å². The number of likely N-dealkylation sites (tertiary alicyclic amines) is 1. The second-order valence-corrected chi connectivity index (χ2v) is 13.2. The Morgan fingerprint density at radius 3 is 2.39 bits per heavy atom. The van der Waals surface area contributed by atoms with Gasteiger partial charge in [0.25, 0.3) is 5.91 Å². The number of carbonyl (C=O) groups is 3. The molecule has 41 heavy (non-hydrogen) atoms. The number of benzene rings is 1. The Morgan fingerprint density at radius 2 is 1.83 bits per heavy atom. The molecule has 2 unspecified atom stereocenters. The number of fused-ring (bicyclic) bond motifs is 1. The molecule has 3 saturated heterocycles. The largest absolute Gasteiger partial charge is 0.461 e. The third-order valence-electron chi connectivity index (χ3n) is 8.80. The molecular weight excluding hydrogens is 538 g/mol. The number of esters is 1. The van der Waals surface area contributed by atoms with E-state index in [1.807, 2.05) is 38.1 Å². The number of nitrogens with zero attached hydrogens (tertiary/aromatic N) is 3. The van der Waals surface area contributed by atoms with Gasteiger partial charge in [-0.15, -0.1) is 18.3 Å². The fourth-order valence-electron chi connectivity index (χ4n) is 7.12. The lowest BCUT2D eigenvalue weighted by molar-refractivity contribution is -0.153. The predicted octanol–water partition coefficient (Wildman–Crippen LogP) is 4.28. The molecule has 2 bridgehead atoms. The maximum absolute atomic E-state index is 14.8. The molecule has 0 aromatic heterocycles. The molecule has 0 aliphatic carbocycles. The van der Waals surface area contributed by atoms with Crippen molar-refractivity contribution in [2.45, 2.75) is 69.0 Å². The number of hydrogen-bond acceptors (Lipinski definition) is 7. The molecule has 3 aliphatic rings. The fraction of sp³-hybridized carbons (Fsp3) is 0.594. The van der Waals surface area contributed by atoms with Crippen molar-refractivity contribution in [3.63, 3.8) is 0 Å². The zero-order valence-electron chi connectivity index (χ0n) is 24.8. The summed E-state index contributed by atoms with van der Waals surface area (Å²) in [7, 11) is 0. The number of thioether (sulfide) groups is 1. The van der Waals surface area contributed by atoms with Crippen molar-refractivity contribution in [1.82, 2.24) is 4.90 Å². The van der Waals surface area contributed by atoms with E-state index in [9.17, 15) is 19.5 Å². The maximum Gasteiger partial charge on any atom is 0.311 e. The molecule has 0 radical (unpaired) electrons. The first-order chi connectivity index (χ1) is 19.7. The minimum absolute atomic E-state index is 0.0793. The summed E-state index contributed by atoms with van der Waals surface area (Å²) >= 11 is 1.60. The van der Waals surface area contributed by atoms with Crippen molar-refractivity contribution in [3.05, 3.63) is 49.6 Å². The van der Waals surface area contributed by atoms with Crippen LogP contribution in [0.4, 0.5) is 11.4 Å². The van der Waals surface area contributed by atoms with Crippen LogP contribution in [0.2, 0.25) is 0 Å². The van der Waals surface area contributed by atoms with Crippen molar-refractivity contribution in [2.75, 3.05) is 42.6 Å². The Labute approximate surface area is 248 Å². The van der Waals surface area contributed by atoms with E-state index in [2.05, 4.69) is 31.9 Å². The van der Waals surface area contributed by atoms with Gasteiger partial charge in [-0.2, -0.15) is 0 Å². The Balaban J connectivity index is 1.77. The number of anilines is 2. The minimum Gasteiger partial charge on any atom is -0.461 e. The third kappa shape index (κ3) is 5.55. The van der Waals surface area contributed by atoms with E-state index in [4.69, 9.17) is 4.74 Å². The van der Waals surface area contributed by atoms with E-state index in [-0.39, 0.29) is 42.7 Å². The Morgan fingerprint density at radius 1 is 1.17 bits per heavy atom. The van der Waals surface area contributed by atoms with Gasteiger partial charge in [-0.05, 0) is 63.3 Å². The number of aliphatic hydroxyl groups is 1. The van der Waals surface area contributed by atoms with Gasteiger partial charge in [-0.3, -0.25) is 14.4 Å². The van der Waals surface area contributed by atoms with Crippen LogP contribution in [0.15, 0.2) is 49.6 Å². The van der Waals surface area contributed by atoms with E-state index in [0.29, 0.717) is 12.8 Å². The lowest BCUT2D eigenvalue weighted by Gasteiger charge is -2.40. The molecule has 3 heterocycles. The normalized spacial score (nSPS) is 27.1. The average Bonchev–Trinajstić information content (AvgIpc) is 3.61. The summed E-state index contributed by atoms with van der Waals surface area (Å²) in [4.78, 5) is 47.9. The number of ether oxygens (including phenoxy) is 1. The zero-order valence-corrected chi connectivity index (χ0v) is 25.6. The highest BCUT2D eigenvalue weighted by Gasteiger charge is 2.74. The first kappa shape index (κ1) is 31.2. The Bertz CT molecular complexity index is 1140. The zero-order chi connectivity index (χ0) is 29.9. The van der Waals surface area contributed by atoms with Gasteiger partial charge in [0.05, 0.1) is 29.2 Å². The second kappa shape index (κ2) is 13.0. The number of carbonyl (C=O) groups excluding carboxylic acids is 3. The molecule has 3 aliphatic heterocycles. The molecule has 6 atom stereocenters. The van der Waals surface area contributed by atoms with Crippen LogP contribution in [0.3, 0.4) is 0 Å². The second-order valence-electron chi connectivity index (χ2n) is 11.6. The summed E-state index contributed by atoms with van der Waals surface area (Å²) in [6.07, 6.45) is 5.15. The highest BCUT2D eigenvalue weighted by molar-refractivity contribution is 8.02. The van der Waals surface area contributed by atoms with E-state index >= 15 is 0 Å². The summed E-state index contributed by atoms with van der Waals surface area (Å²) < 4.78 is 4.70. The Kier molecular flexibility index (Phi) is 9.90. The van der Waals surface area contributed by atoms with Crippen molar-refractivity contribution in [1.29, 1.82) is 0 Å². The van der Waals surface area contributed by atoms with Crippen LogP contribution in [0.5, 0.6) is 0 Å². The first-order valence-corrected chi connectivity index (χ1v) is 15.7. The van der Waals surface area contributed by atoms with E-state index < -0.39 is 34.6 Å². The monoisotopic (exact) mass is 583 g/mol. The van der Waals surface area contributed by atoms with Gasteiger partial charge >= 0.3 is 5.97 Å². The predicted molar refractivity (Wildman–Crippen MR) is 165 cm³/mol. The molecular formula is C32H45N3O5S. The highest BCUT2D eigenvalue weighted by Crippen LogP contribution is 2.67. The van der Waals surface area contributed by atoms with Crippen molar-refractivity contribution in [3.8, 4) is 0 Å². The summed E-state index contributed by atoms with van der Waals surface area (Å²) in [6, 6.07) is 6.57. The van der Waals surface area contributed by atoms with Gasteiger partial charge in [-0.1, -0.05) is 32.6 Å². The number of amides is 2. The van der Waals surface area contributed by atoms with Crippen LogP contribution in [-0.2, 0) is 19.1 Å². The van der Waals surface area contributed by atoms with Crippen molar-refractivity contribution in [2.24, 2.45) is 17.8 Å². The third-order valence-corrected chi connectivity index (χ3v) is 10.8. The standard InChI is InChI=1S/C32H45N3O5S/c1-7-17-34(23-13-11-22(12-14-23)33(9-3)10-4)30(38)28-32-16-15-25(41-32)26(31(39)40-18-8-2)27(32)29(37)35(28)24(20-36)19-21(5)6/h7-8,11-14,21,24-28,36H,1-2,9-10,15-20H2,3-6H3/t24-,25+,26-,27+,28?,32?/m1/s1. The molecule has 224 valence electrons. The molecule has 3 fully saturated rings. The van der Waals surface area contributed by atoms with Gasteiger partial charge in [0.15, 0.2) is 0 Å². The smallest absolute Gasteiger partial charge is 0.311 e. The average molecular weight is 584 g/mol. The minimum atomic E-state index is -0.814. The molecule has 8 nitrogen and oxygen atoms in total. The molecule has 1 aromatic rings. The fourth-order valence-corrected chi connectivity index (χ4v) is 9.31. The summed E-state index contributed by atoms with van der Waals surface area (Å²) in [6.45, 7) is 17.7. The van der Waals surface area contributed by atoms with Crippen molar-refractivity contribution < 1.29 is 24.2 Å². The quantitative estimate of drug-likeness (QED) is 0.258. The lowest BCUT2D eigenvalue weighted by atomic mass is 9.71. The lowest BCUT2D eigenvalue weighted by Crippen LogP contribution is -2.57. The topological polar surface area (TPSA) is 90.4 Å². The van der Waals surface area contributed by atoms with Crippen molar-refractivity contribution >= 4 is 40.9 Å². The van der Waals surface area contributed by atoms with E-state index in [0.717, 1.165) is 30.9 Å². The molecule has 1 spiro atoms. The number of aliphatic hydroxyl groups excluding tert-OH is 1. The van der Waals surface area contributed by atoms with E-state index in [1.165, 1.54) is 6.08 Å². The van der Waals surface area contributed by atoms with Gasteiger partial charge in [0, 0.05) is 36.3 Å². The van der Waals surface area contributed by atoms with Gasteiger partial charge in [-0.25, -0.2) is 0 Å². The molecule has 0 saturated carbocycles. The molecule has 2 amide bonds. The maximum atomic E-state index is 14.8. The first-order valence-electron chi connectivity index (χ1n) is 14.8. The summed E-state index contributed by atoms with van der Waals surface area (Å²) in [5.41, 5.74) is 1.80. The van der Waals surface area contributed by atoms with Gasteiger partial charge in [0.1, 0.15) is 12.6 Å². The van der Waals surface area contributed by atoms with Gasteiger partial charge < -0.3 is 24.5 Å². The van der Waals surface area contributed by atoms with Crippen LogP contribution >= 0.6 is 11.8 Å². The summed E-state index contributed by atoms with van der Waals surface area (Å²) in [5, 5.41) is 10.4. The van der Waals surface area contributed by atoms with Crippen LogP contribution in [0, 0.1) is 17.8 Å². The van der Waals surface area contributed by atoms with E-state index in [1.54, 1.807) is 27.6 Å². The SMILES string of the molecule is C=CCOC(=O)[C@@H]1[C@@H]2CCC3(S2)C(C(=O)N(CC=C)c2ccc(N(CC)CC)cc2)N([C@@H](CO)CC(C)C)C(=O)[C@H]13. The van der Waals surface area contributed by atoms with Crippen LogP contribution in [0.1, 0.15) is 47.0 Å². The summed E-state index contributed by atoms with van der Waals surface area (Å²) in [5.74, 6) is -1.94. The van der Waals surface area contributed by atoms with Gasteiger partial charge in [0.2, 0.25) is 5.91 Å². The molecule has 4 rings (SSSR count). The highest BCUT2D eigenvalue weighted by atomic mass is 32.2. The number of hydrogen-bond donors (Lipinski definition) is 1. The van der Waals surface area contributed by atoms with Crippen LogP contribution in [-0.4, -0.2) is 82.7 Å². The Hall–Kier alpha value is -2.78. The molecule has 9 heteroatoms. The number of rotatable bonds is 14. The molecule has 1 aromatic carbocycles. The molecule has 1 N–H and O–H groups in total.